The van der Waals surface area contributed by atoms with Gasteiger partial charge >= 0.3 is 0 Å². The molecule has 4 rings (SSSR count). The molecule has 0 aliphatic carbocycles. The van der Waals surface area contributed by atoms with Crippen molar-refractivity contribution in [3.05, 3.63) is 18.3 Å². The van der Waals surface area contributed by atoms with Crippen LogP contribution >= 0.6 is 37.2 Å². The Morgan fingerprint density at radius 3 is 2.82 bits per heavy atom. The van der Waals surface area contributed by atoms with E-state index in [-0.39, 0.29) is 55.5 Å². The molecule has 2 aromatic heterocycles. The van der Waals surface area contributed by atoms with Crippen LogP contribution in [0.25, 0.3) is 11.2 Å². The predicted octanol–water partition coefficient (Wildman–Crippen LogP) is 1.65. The summed E-state index contributed by atoms with van der Waals surface area (Å²) in [5, 5.41) is 16.8. The first kappa shape index (κ1) is 25.3. The van der Waals surface area contributed by atoms with E-state index in [0.717, 1.165) is 63.0 Å². The van der Waals surface area contributed by atoms with Gasteiger partial charge in [-0.3, -0.25) is 0 Å². The molecule has 0 aromatic carbocycles. The van der Waals surface area contributed by atoms with Crippen molar-refractivity contribution in [3.8, 4) is 0 Å². The summed E-state index contributed by atoms with van der Waals surface area (Å²) in [5.41, 5.74) is 1.67. The van der Waals surface area contributed by atoms with Gasteiger partial charge < -0.3 is 25.0 Å². The quantitative estimate of drug-likeness (QED) is 0.630. The number of aliphatic hydroxyl groups excluding tert-OH is 1. The molecule has 4 heterocycles. The fourth-order valence-electron chi connectivity index (χ4n) is 3.63. The first-order chi connectivity index (χ1) is 12.3. The van der Waals surface area contributed by atoms with Gasteiger partial charge in [-0.05, 0) is 32.2 Å². The van der Waals surface area contributed by atoms with Crippen molar-refractivity contribution in [2.24, 2.45) is 0 Å². The van der Waals surface area contributed by atoms with Crippen LogP contribution in [-0.2, 0) is 11.3 Å². The molecular weight excluding hydrogens is 427 g/mol. The Hall–Kier alpha value is -0.740. The third-order valence-electron chi connectivity index (χ3n) is 5.05. The van der Waals surface area contributed by atoms with Crippen LogP contribution in [0.3, 0.4) is 0 Å². The van der Waals surface area contributed by atoms with Crippen molar-refractivity contribution in [1.82, 2.24) is 30.2 Å². The number of nitrogens with one attached hydrogen (secondary N) is 2. The second-order valence-corrected chi connectivity index (χ2v) is 6.85. The van der Waals surface area contributed by atoms with E-state index in [2.05, 4.69) is 25.2 Å². The van der Waals surface area contributed by atoms with Crippen LogP contribution in [0.4, 0.5) is 0 Å². The number of piperidine rings is 1. The molecule has 2 aliphatic heterocycles. The number of aliphatic hydroxyl groups is 1. The second-order valence-electron chi connectivity index (χ2n) is 6.85. The van der Waals surface area contributed by atoms with Crippen molar-refractivity contribution in [3.63, 3.8) is 0 Å². The van der Waals surface area contributed by atoms with Crippen LogP contribution in [0.1, 0.15) is 37.6 Å². The van der Waals surface area contributed by atoms with Crippen LogP contribution in [0.15, 0.2) is 12.5 Å². The summed E-state index contributed by atoms with van der Waals surface area (Å²) in [5.74, 6) is 0.714. The summed E-state index contributed by atoms with van der Waals surface area (Å²) in [6, 6.07) is 0.204. The average molecular weight is 456 g/mol. The maximum absolute atomic E-state index is 10.1. The fourth-order valence-corrected chi connectivity index (χ4v) is 3.63. The largest absolute Gasteiger partial charge is 0.392 e. The summed E-state index contributed by atoms with van der Waals surface area (Å²) in [7, 11) is 0. The van der Waals surface area contributed by atoms with Gasteiger partial charge in [0.25, 0.3) is 0 Å². The standard InChI is InChI=1S/C17H26N6O2.3ClH/c24-14-4-1-5-19-12(14)3-2-7-23-11-21-13-9-20-16(22-17(13)23)15-10-18-6-8-25-15;;;/h9,11-12,14-15,18-19,24H,1-8,10H2;3*1H/t12-,14+,15?;;;/m1.../s1. The Labute approximate surface area is 183 Å². The fraction of sp³-hybridized carbons (Fsp3) is 0.706. The van der Waals surface area contributed by atoms with Crippen molar-refractivity contribution < 1.29 is 9.84 Å². The molecule has 160 valence electrons. The van der Waals surface area contributed by atoms with Crippen LogP contribution in [-0.4, -0.2) is 63.0 Å². The highest BCUT2D eigenvalue weighted by atomic mass is 35.5. The SMILES string of the molecule is Cl.Cl.Cl.O[C@H]1CCCN[C@@H]1CCCn1cnc2cnc(C3CNCCO3)nc21. The minimum Gasteiger partial charge on any atom is -0.392 e. The molecule has 3 N–H and O–H groups in total. The Balaban J connectivity index is 0.00000131. The molecule has 1 unspecified atom stereocenters. The van der Waals surface area contributed by atoms with E-state index in [4.69, 9.17) is 9.72 Å². The molecule has 2 fully saturated rings. The number of fused-ring (bicyclic) bond motifs is 1. The van der Waals surface area contributed by atoms with Crippen molar-refractivity contribution in [2.45, 2.75) is 50.5 Å². The zero-order valence-corrected chi connectivity index (χ0v) is 18.1. The number of aromatic nitrogens is 4. The van der Waals surface area contributed by atoms with E-state index in [1.54, 1.807) is 6.20 Å². The lowest BCUT2D eigenvalue weighted by Gasteiger charge is -2.28. The molecule has 0 amide bonds. The van der Waals surface area contributed by atoms with Crippen LogP contribution in [0.5, 0.6) is 0 Å². The van der Waals surface area contributed by atoms with Gasteiger partial charge in [-0.2, -0.15) is 0 Å². The second kappa shape index (κ2) is 12.1. The van der Waals surface area contributed by atoms with Gasteiger partial charge in [-0.1, -0.05) is 0 Å². The lowest BCUT2D eigenvalue weighted by atomic mass is 9.97. The molecule has 11 heteroatoms. The average Bonchev–Trinajstić information content (AvgIpc) is 3.06. The molecule has 0 spiro atoms. The minimum absolute atomic E-state index is 0. The van der Waals surface area contributed by atoms with Gasteiger partial charge in [0.15, 0.2) is 11.5 Å². The Kier molecular flexibility index (Phi) is 10.9. The topological polar surface area (TPSA) is 97.1 Å². The van der Waals surface area contributed by atoms with Crippen molar-refractivity contribution in [2.75, 3.05) is 26.2 Å². The Morgan fingerprint density at radius 1 is 1.21 bits per heavy atom. The van der Waals surface area contributed by atoms with Crippen LogP contribution in [0, 0.1) is 0 Å². The lowest BCUT2D eigenvalue weighted by Crippen LogP contribution is -2.44. The molecule has 2 saturated heterocycles. The summed E-state index contributed by atoms with van der Waals surface area (Å²) in [6.45, 7) is 4.13. The van der Waals surface area contributed by atoms with E-state index in [1.807, 2.05) is 6.33 Å². The van der Waals surface area contributed by atoms with Gasteiger partial charge in [0, 0.05) is 25.7 Å². The summed E-state index contributed by atoms with van der Waals surface area (Å²) < 4.78 is 7.82. The minimum atomic E-state index is -0.224. The first-order valence-corrected chi connectivity index (χ1v) is 9.23. The predicted molar refractivity (Wildman–Crippen MR) is 115 cm³/mol. The number of hydrogen-bond acceptors (Lipinski definition) is 7. The molecule has 0 radical (unpaired) electrons. The highest BCUT2D eigenvalue weighted by Crippen LogP contribution is 2.19. The molecule has 2 aromatic rings. The van der Waals surface area contributed by atoms with E-state index in [1.165, 1.54) is 0 Å². The first-order valence-electron chi connectivity index (χ1n) is 9.23. The molecule has 0 bridgehead atoms. The number of ether oxygens (including phenoxy) is 1. The number of nitrogens with zero attached hydrogens (tertiary/aromatic N) is 4. The molecule has 0 saturated carbocycles. The lowest BCUT2D eigenvalue weighted by molar-refractivity contribution is 0.0223. The number of morpholine rings is 1. The molecular formula is C17H29Cl3N6O2. The number of hydrogen-bond donors (Lipinski definition) is 3. The van der Waals surface area contributed by atoms with Gasteiger partial charge in [0.2, 0.25) is 0 Å². The third-order valence-corrected chi connectivity index (χ3v) is 5.05. The number of imidazole rings is 1. The van der Waals surface area contributed by atoms with Crippen molar-refractivity contribution in [1.29, 1.82) is 0 Å². The smallest absolute Gasteiger partial charge is 0.163 e. The van der Waals surface area contributed by atoms with E-state index in [9.17, 15) is 5.11 Å². The van der Waals surface area contributed by atoms with E-state index >= 15 is 0 Å². The number of rotatable bonds is 5. The Bertz CT molecular complexity index is 713. The maximum Gasteiger partial charge on any atom is 0.163 e. The van der Waals surface area contributed by atoms with Gasteiger partial charge in [0.1, 0.15) is 11.6 Å². The zero-order valence-electron chi connectivity index (χ0n) is 15.6. The van der Waals surface area contributed by atoms with Crippen LogP contribution in [0.2, 0.25) is 0 Å². The van der Waals surface area contributed by atoms with E-state index < -0.39 is 0 Å². The maximum atomic E-state index is 10.1. The molecule has 8 nitrogen and oxygen atoms in total. The molecule has 28 heavy (non-hydrogen) atoms. The van der Waals surface area contributed by atoms with Crippen molar-refractivity contribution >= 4 is 48.4 Å². The summed E-state index contributed by atoms with van der Waals surface area (Å²) in [4.78, 5) is 13.5. The van der Waals surface area contributed by atoms with E-state index in [0.29, 0.717) is 12.4 Å². The molecule has 2 aliphatic rings. The van der Waals surface area contributed by atoms with Gasteiger partial charge in [-0.15, -0.1) is 37.2 Å². The number of halogens is 3. The third kappa shape index (κ3) is 5.89. The number of aryl methyl sites for hydroxylation is 1. The van der Waals surface area contributed by atoms with Crippen LogP contribution < -0.4 is 10.6 Å². The summed E-state index contributed by atoms with van der Waals surface area (Å²) in [6.07, 6.45) is 7.17. The Morgan fingerprint density at radius 2 is 2.07 bits per heavy atom. The highest BCUT2D eigenvalue weighted by Gasteiger charge is 2.22. The van der Waals surface area contributed by atoms with Gasteiger partial charge in [0.05, 0.1) is 25.2 Å². The normalized spacial score (nSPS) is 24.7. The monoisotopic (exact) mass is 454 g/mol. The zero-order chi connectivity index (χ0) is 17.1. The van der Waals surface area contributed by atoms with Gasteiger partial charge in [-0.25, -0.2) is 15.0 Å². The highest BCUT2D eigenvalue weighted by molar-refractivity contribution is 5.86. The summed E-state index contributed by atoms with van der Waals surface area (Å²) >= 11 is 0. The molecule has 3 atom stereocenters.